The highest BCUT2D eigenvalue weighted by Gasteiger charge is 2.38. The van der Waals surface area contributed by atoms with Crippen molar-refractivity contribution in [3.8, 4) is 17.9 Å². The first kappa shape index (κ1) is 27.9. The van der Waals surface area contributed by atoms with E-state index in [1.165, 1.54) is 12.3 Å². The van der Waals surface area contributed by atoms with Crippen molar-refractivity contribution in [2.75, 3.05) is 4.90 Å². The lowest BCUT2D eigenvalue weighted by molar-refractivity contribution is -0.124. The number of aromatic carboxylic acids is 1. The van der Waals surface area contributed by atoms with Gasteiger partial charge in [-0.3, -0.25) is 14.6 Å². The van der Waals surface area contributed by atoms with Crippen LogP contribution in [0.3, 0.4) is 0 Å². The molecule has 0 aliphatic heterocycles. The zero-order chi connectivity index (χ0) is 27.4. The SMILES string of the molecule is CC(C)(C)C#Cc1cc(N(C(=O)[C@H]2CC[C@H](C)CC2)[C@H]2CC[C@H](Oc3nccc(=O)[nH]3)CC2)c(C(=O)O)s1. The van der Waals surface area contributed by atoms with E-state index in [1.807, 2.05) is 20.8 Å². The van der Waals surface area contributed by atoms with Gasteiger partial charge in [-0.1, -0.05) is 18.8 Å². The summed E-state index contributed by atoms with van der Waals surface area (Å²) in [6.07, 6.45) is 7.58. The first-order valence-corrected chi connectivity index (χ1v) is 14.3. The highest BCUT2D eigenvalue weighted by atomic mass is 32.1. The maximum Gasteiger partial charge on any atom is 0.348 e. The van der Waals surface area contributed by atoms with Crippen LogP contribution in [-0.2, 0) is 4.79 Å². The number of carboxylic acids is 1. The molecule has 4 rings (SSSR count). The zero-order valence-corrected chi connectivity index (χ0v) is 23.4. The Bertz CT molecular complexity index is 1270. The van der Waals surface area contributed by atoms with Gasteiger partial charge in [-0.05, 0) is 84.1 Å². The molecule has 9 heteroatoms. The quantitative estimate of drug-likeness (QED) is 0.470. The fourth-order valence-corrected chi connectivity index (χ4v) is 6.06. The number of H-pyrrole nitrogens is 1. The second-order valence-electron chi connectivity index (χ2n) is 11.6. The van der Waals surface area contributed by atoms with E-state index < -0.39 is 5.97 Å². The van der Waals surface area contributed by atoms with Gasteiger partial charge in [-0.2, -0.15) is 0 Å². The molecule has 8 nitrogen and oxygen atoms in total. The second kappa shape index (κ2) is 11.7. The predicted octanol–water partition coefficient (Wildman–Crippen LogP) is 5.48. The van der Waals surface area contributed by atoms with Crippen molar-refractivity contribution in [2.24, 2.45) is 17.3 Å². The number of aromatic nitrogens is 2. The van der Waals surface area contributed by atoms with Gasteiger partial charge in [0.25, 0.3) is 11.6 Å². The molecule has 2 aliphatic carbocycles. The number of carbonyl (C=O) groups excluding carboxylic acids is 1. The van der Waals surface area contributed by atoms with Gasteiger partial charge >= 0.3 is 5.97 Å². The molecule has 2 N–H and O–H groups in total. The van der Waals surface area contributed by atoms with Crippen molar-refractivity contribution in [3.05, 3.63) is 38.4 Å². The van der Waals surface area contributed by atoms with E-state index in [-0.39, 0.29) is 45.8 Å². The second-order valence-corrected chi connectivity index (χ2v) is 12.6. The van der Waals surface area contributed by atoms with Crippen LogP contribution >= 0.6 is 11.3 Å². The molecule has 2 heterocycles. The average molecular weight is 540 g/mol. The molecule has 0 bridgehead atoms. The monoisotopic (exact) mass is 539 g/mol. The van der Waals surface area contributed by atoms with Gasteiger partial charge in [0.05, 0.1) is 10.6 Å². The summed E-state index contributed by atoms with van der Waals surface area (Å²) in [5.41, 5.74) is -0.0352. The Morgan fingerprint density at radius 1 is 1.13 bits per heavy atom. The fourth-order valence-electron chi connectivity index (χ4n) is 5.21. The third kappa shape index (κ3) is 7.04. The third-order valence-corrected chi connectivity index (χ3v) is 8.29. The Morgan fingerprint density at radius 2 is 1.82 bits per heavy atom. The van der Waals surface area contributed by atoms with Crippen LogP contribution in [-0.4, -0.2) is 39.1 Å². The summed E-state index contributed by atoms with van der Waals surface area (Å²) in [7, 11) is 0. The maximum atomic E-state index is 14.0. The smallest absolute Gasteiger partial charge is 0.348 e. The molecule has 0 atom stereocenters. The number of rotatable bonds is 6. The highest BCUT2D eigenvalue weighted by molar-refractivity contribution is 7.15. The minimum atomic E-state index is -1.04. The molecule has 1 amide bonds. The Morgan fingerprint density at radius 3 is 2.42 bits per heavy atom. The van der Waals surface area contributed by atoms with Crippen molar-refractivity contribution >= 4 is 28.9 Å². The van der Waals surface area contributed by atoms with Crippen molar-refractivity contribution in [3.63, 3.8) is 0 Å². The van der Waals surface area contributed by atoms with Gasteiger partial charge < -0.3 is 14.7 Å². The van der Waals surface area contributed by atoms with Gasteiger partial charge in [-0.25, -0.2) is 9.78 Å². The number of carbonyl (C=O) groups is 2. The van der Waals surface area contributed by atoms with E-state index >= 15 is 0 Å². The average Bonchev–Trinajstić information content (AvgIpc) is 3.28. The van der Waals surface area contributed by atoms with Crippen molar-refractivity contribution < 1.29 is 19.4 Å². The van der Waals surface area contributed by atoms with E-state index in [2.05, 4.69) is 28.7 Å². The van der Waals surface area contributed by atoms with Crippen LogP contribution in [0.2, 0.25) is 0 Å². The summed E-state index contributed by atoms with van der Waals surface area (Å²) in [6.45, 7) is 8.24. The van der Waals surface area contributed by atoms with Crippen LogP contribution in [0.1, 0.15) is 93.6 Å². The summed E-state index contributed by atoms with van der Waals surface area (Å²) in [5, 5.41) is 10.1. The molecule has 2 fully saturated rings. The van der Waals surface area contributed by atoms with Crippen LogP contribution in [0.15, 0.2) is 23.1 Å². The number of ether oxygens (including phenoxy) is 1. The van der Waals surface area contributed by atoms with Crippen molar-refractivity contribution in [2.45, 2.75) is 91.2 Å². The molecule has 2 aliphatic rings. The molecule has 2 saturated carbocycles. The molecule has 204 valence electrons. The zero-order valence-electron chi connectivity index (χ0n) is 22.6. The molecule has 0 unspecified atom stereocenters. The Balaban J connectivity index is 1.61. The number of amides is 1. The van der Waals surface area contributed by atoms with Crippen LogP contribution in [0.5, 0.6) is 6.01 Å². The molecule has 2 aromatic rings. The summed E-state index contributed by atoms with van der Waals surface area (Å²) < 4.78 is 5.91. The molecule has 0 spiro atoms. The summed E-state index contributed by atoms with van der Waals surface area (Å²) in [6, 6.07) is 3.18. The normalized spacial score (nSPS) is 23.7. The lowest BCUT2D eigenvalue weighted by Crippen LogP contribution is -2.47. The van der Waals surface area contributed by atoms with E-state index in [0.717, 1.165) is 37.0 Å². The lowest BCUT2D eigenvalue weighted by atomic mass is 9.81. The van der Waals surface area contributed by atoms with Crippen LogP contribution < -0.4 is 15.2 Å². The van der Waals surface area contributed by atoms with Gasteiger partial charge in [0.2, 0.25) is 5.91 Å². The van der Waals surface area contributed by atoms with Gasteiger partial charge in [0, 0.05) is 29.6 Å². The van der Waals surface area contributed by atoms with Gasteiger partial charge in [0.15, 0.2) is 0 Å². The summed E-state index contributed by atoms with van der Waals surface area (Å²) >= 11 is 1.14. The molecule has 0 saturated heterocycles. The first-order chi connectivity index (χ1) is 18.0. The lowest BCUT2D eigenvalue weighted by Gasteiger charge is -2.39. The minimum Gasteiger partial charge on any atom is -0.477 e. The van der Waals surface area contributed by atoms with Crippen LogP contribution in [0.25, 0.3) is 0 Å². The van der Waals surface area contributed by atoms with E-state index in [1.54, 1.807) is 11.0 Å². The Labute approximate surface area is 227 Å². The van der Waals surface area contributed by atoms with Gasteiger partial charge in [-0.15, -0.1) is 11.3 Å². The Hall–Kier alpha value is -3.12. The molecular formula is C29H37N3O5S. The number of nitrogens with zero attached hydrogens (tertiary/aromatic N) is 2. The number of aromatic amines is 1. The highest BCUT2D eigenvalue weighted by Crippen LogP contribution is 2.39. The summed E-state index contributed by atoms with van der Waals surface area (Å²) in [5.74, 6) is 5.79. The van der Waals surface area contributed by atoms with Crippen molar-refractivity contribution in [1.82, 2.24) is 9.97 Å². The molecular weight excluding hydrogens is 502 g/mol. The Kier molecular flexibility index (Phi) is 8.61. The molecule has 0 aromatic carbocycles. The van der Waals surface area contributed by atoms with E-state index in [0.29, 0.717) is 42.2 Å². The molecule has 38 heavy (non-hydrogen) atoms. The fraction of sp³-hybridized carbons (Fsp3) is 0.586. The van der Waals surface area contributed by atoms with Crippen LogP contribution in [0.4, 0.5) is 5.69 Å². The number of anilines is 1. The van der Waals surface area contributed by atoms with Crippen molar-refractivity contribution in [1.29, 1.82) is 0 Å². The number of nitrogens with one attached hydrogen (secondary N) is 1. The van der Waals surface area contributed by atoms with Gasteiger partial charge in [0.1, 0.15) is 11.0 Å². The number of hydrogen-bond acceptors (Lipinski definition) is 6. The number of carboxylic acid groups (broad SMARTS) is 1. The topological polar surface area (TPSA) is 113 Å². The standard InChI is InChI=1S/C29H37N3O5S/c1-18-5-7-19(8-6-18)26(34)32(23-17-22(13-15-29(2,3)4)38-25(23)27(35)36)20-9-11-21(12-10-20)37-28-30-16-14-24(33)31-28/h14,16-21H,5-12H2,1-4H3,(H,35,36)(H,30,31,33)/t18-,19-,20-,21-. The maximum absolute atomic E-state index is 14.0. The van der Waals surface area contributed by atoms with E-state index in [9.17, 15) is 19.5 Å². The minimum absolute atomic E-state index is 0.0194. The van der Waals surface area contributed by atoms with Crippen LogP contribution in [0, 0.1) is 29.1 Å². The number of thiophene rings is 1. The van der Waals surface area contributed by atoms with E-state index in [4.69, 9.17) is 4.74 Å². The predicted molar refractivity (Wildman–Crippen MR) is 148 cm³/mol. The first-order valence-electron chi connectivity index (χ1n) is 13.5. The molecule has 0 radical (unpaired) electrons. The molecule has 2 aromatic heterocycles. The summed E-state index contributed by atoms with van der Waals surface area (Å²) in [4.78, 5) is 47.2. The number of hydrogen-bond donors (Lipinski definition) is 2. The largest absolute Gasteiger partial charge is 0.477 e. The third-order valence-electron chi connectivity index (χ3n) is 7.26.